The molecule has 1 unspecified atom stereocenters. The van der Waals surface area contributed by atoms with Crippen molar-refractivity contribution < 1.29 is 14.3 Å². The largest absolute Gasteiger partial charge is 0.497 e. The van der Waals surface area contributed by atoms with E-state index in [2.05, 4.69) is 22.3 Å². The molecule has 0 aromatic heterocycles. The Kier molecular flexibility index (Phi) is 8.14. The molecule has 30 heavy (non-hydrogen) atoms. The van der Waals surface area contributed by atoms with Crippen LogP contribution in [0.4, 0.5) is 0 Å². The molecule has 2 aliphatic rings. The summed E-state index contributed by atoms with van der Waals surface area (Å²) in [6.07, 6.45) is 5.37. The molecule has 166 valence electrons. The molecular weight excluding hydrogens is 378 g/mol. The van der Waals surface area contributed by atoms with E-state index >= 15 is 0 Å². The van der Waals surface area contributed by atoms with Gasteiger partial charge in [0.1, 0.15) is 11.8 Å². The van der Waals surface area contributed by atoms with Crippen molar-refractivity contribution in [3.63, 3.8) is 0 Å². The van der Waals surface area contributed by atoms with Crippen molar-refractivity contribution in [1.29, 1.82) is 0 Å². The highest BCUT2D eigenvalue weighted by molar-refractivity contribution is 5.88. The topological polar surface area (TPSA) is 61.9 Å². The molecule has 1 aromatic carbocycles. The maximum absolute atomic E-state index is 13.2. The van der Waals surface area contributed by atoms with Gasteiger partial charge in [-0.2, -0.15) is 0 Å². The zero-order valence-electron chi connectivity index (χ0n) is 18.7. The van der Waals surface area contributed by atoms with Crippen LogP contribution in [0.15, 0.2) is 24.3 Å². The highest BCUT2D eigenvalue weighted by Gasteiger charge is 2.32. The van der Waals surface area contributed by atoms with Gasteiger partial charge >= 0.3 is 0 Å². The van der Waals surface area contributed by atoms with Gasteiger partial charge in [0.2, 0.25) is 11.8 Å². The summed E-state index contributed by atoms with van der Waals surface area (Å²) in [5, 5.41) is 3.09. The lowest BCUT2D eigenvalue weighted by molar-refractivity contribution is -0.140. The third-order valence-corrected chi connectivity index (χ3v) is 6.46. The molecule has 0 bridgehead atoms. The smallest absolute Gasteiger partial charge is 0.245 e. The van der Waals surface area contributed by atoms with Crippen LogP contribution in [0.3, 0.4) is 0 Å². The van der Waals surface area contributed by atoms with Crippen molar-refractivity contribution in [3.8, 4) is 5.75 Å². The number of benzene rings is 1. The van der Waals surface area contributed by atoms with Gasteiger partial charge in [0.15, 0.2) is 0 Å². The summed E-state index contributed by atoms with van der Waals surface area (Å²) in [4.78, 5) is 30.2. The summed E-state index contributed by atoms with van der Waals surface area (Å²) >= 11 is 0. The third-order valence-electron chi connectivity index (χ3n) is 6.46. The minimum Gasteiger partial charge on any atom is -0.497 e. The second kappa shape index (κ2) is 10.8. The van der Waals surface area contributed by atoms with E-state index in [1.807, 2.05) is 30.9 Å². The van der Waals surface area contributed by atoms with E-state index in [1.54, 1.807) is 7.11 Å². The second-order valence-corrected chi connectivity index (χ2v) is 9.01. The van der Waals surface area contributed by atoms with Crippen LogP contribution in [-0.4, -0.2) is 60.9 Å². The van der Waals surface area contributed by atoms with Gasteiger partial charge in [-0.05, 0) is 36.5 Å². The average molecular weight is 416 g/mol. The summed E-state index contributed by atoms with van der Waals surface area (Å²) in [5.74, 6) is 1.17. The van der Waals surface area contributed by atoms with Crippen molar-refractivity contribution >= 4 is 11.8 Å². The van der Waals surface area contributed by atoms with Crippen LogP contribution in [0.2, 0.25) is 0 Å². The molecule has 2 fully saturated rings. The van der Waals surface area contributed by atoms with E-state index in [1.165, 1.54) is 12.0 Å². The minimum atomic E-state index is -0.424. The van der Waals surface area contributed by atoms with Crippen molar-refractivity contribution in [2.24, 2.45) is 11.8 Å². The summed E-state index contributed by atoms with van der Waals surface area (Å²) in [6.45, 7) is 8.01. The number of carbonyl (C=O) groups excluding carboxylic acids is 2. The molecule has 1 heterocycles. The second-order valence-electron chi connectivity index (χ2n) is 9.01. The first-order chi connectivity index (χ1) is 14.5. The molecule has 3 rings (SSSR count). The number of nitrogens with zero attached hydrogens (tertiary/aromatic N) is 2. The maximum Gasteiger partial charge on any atom is 0.245 e. The first-order valence-corrected chi connectivity index (χ1v) is 11.4. The molecule has 2 amide bonds. The maximum atomic E-state index is 13.2. The van der Waals surface area contributed by atoms with Crippen molar-refractivity contribution in [2.75, 3.05) is 33.3 Å². The summed E-state index contributed by atoms with van der Waals surface area (Å²) < 4.78 is 5.22. The molecule has 6 heteroatoms. The van der Waals surface area contributed by atoms with Gasteiger partial charge in [0.25, 0.3) is 0 Å². The van der Waals surface area contributed by atoms with Gasteiger partial charge in [-0.3, -0.25) is 14.5 Å². The first-order valence-electron chi connectivity index (χ1n) is 11.4. The van der Waals surface area contributed by atoms with E-state index in [0.717, 1.165) is 51.1 Å². The minimum absolute atomic E-state index is 0.0678. The van der Waals surface area contributed by atoms with Gasteiger partial charge in [-0.15, -0.1) is 0 Å². The molecule has 1 saturated carbocycles. The zero-order chi connectivity index (χ0) is 21.5. The van der Waals surface area contributed by atoms with Crippen molar-refractivity contribution in [3.05, 3.63) is 29.8 Å². The molecule has 0 radical (unpaired) electrons. The highest BCUT2D eigenvalue weighted by Crippen LogP contribution is 2.24. The predicted molar refractivity (Wildman–Crippen MR) is 118 cm³/mol. The van der Waals surface area contributed by atoms with Gasteiger partial charge in [-0.25, -0.2) is 0 Å². The summed E-state index contributed by atoms with van der Waals surface area (Å²) in [5.41, 5.74) is 1.25. The number of piperazine rings is 1. The number of amides is 2. The fourth-order valence-electron chi connectivity index (χ4n) is 4.46. The van der Waals surface area contributed by atoms with E-state index in [-0.39, 0.29) is 23.7 Å². The Morgan fingerprint density at radius 2 is 1.67 bits per heavy atom. The number of ether oxygens (including phenoxy) is 1. The highest BCUT2D eigenvalue weighted by atomic mass is 16.5. The number of carbonyl (C=O) groups is 2. The number of nitrogens with one attached hydrogen (secondary N) is 1. The molecule has 0 spiro atoms. The molecule has 1 aliphatic heterocycles. The number of hydrogen-bond donors (Lipinski definition) is 1. The van der Waals surface area contributed by atoms with Crippen LogP contribution >= 0.6 is 0 Å². The Morgan fingerprint density at radius 1 is 1.03 bits per heavy atom. The van der Waals surface area contributed by atoms with Crippen LogP contribution in [0, 0.1) is 11.8 Å². The average Bonchev–Trinajstić information content (AvgIpc) is 2.78. The lowest BCUT2D eigenvalue weighted by Crippen LogP contribution is -2.57. The standard InChI is InChI=1S/C24H37N3O3/c1-18(2)22(25-23(28)20-7-5-4-6-8-20)24(29)27-15-13-26(14-16-27)17-19-9-11-21(30-3)12-10-19/h9-12,18,20,22H,4-8,13-17H2,1-3H3,(H,25,28). The van der Waals surface area contributed by atoms with E-state index < -0.39 is 6.04 Å². The van der Waals surface area contributed by atoms with Gasteiger partial charge < -0.3 is 15.0 Å². The SMILES string of the molecule is COc1ccc(CN2CCN(C(=O)C(NC(=O)C3CCCCC3)C(C)C)CC2)cc1. The lowest BCUT2D eigenvalue weighted by Gasteiger charge is -2.37. The number of rotatable bonds is 7. The monoisotopic (exact) mass is 415 g/mol. The molecule has 6 nitrogen and oxygen atoms in total. The fourth-order valence-corrected chi connectivity index (χ4v) is 4.46. The normalized spacial score (nSPS) is 19.5. The van der Waals surface area contributed by atoms with Gasteiger partial charge in [-0.1, -0.05) is 45.2 Å². The molecular formula is C24H37N3O3. The molecule has 1 aliphatic carbocycles. The molecule has 1 saturated heterocycles. The Hall–Kier alpha value is -2.08. The van der Waals surface area contributed by atoms with E-state index in [4.69, 9.17) is 4.74 Å². The third kappa shape index (κ3) is 5.97. The van der Waals surface area contributed by atoms with E-state index in [0.29, 0.717) is 13.1 Å². The van der Waals surface area contributed by atoms with Crippen molar-refractivity contribution in [1.82, 2.24) is 15.1 Å². The Bertz CT molecular complexity index is 690. The van der Waals surface area contributed by atoms with Crippen molar-refractivity contribution in [2.45, 2.75) is 58.5 Å². The lowest BCUT2D eigenvalue weighted by atomic mass is 9.88. The zero-order valence-corrected chi connectivity index (χ0v) is 18.7. The first kappa shape index (κ1) is 22.6. The molecule has 1 atom stereocenters. The molecule has 1 N–H and O–H groups in total. The van der Waals surface area contributed by atoms with Gasteiger partial charge in [0, 0.05) is 38.6 Å². The van der Waals surface area contributed by atoms with Crippen LogP contribution in [-0.2, 0) is 16.1 Å². The molecule has 1 aromatic rings. The summed E-state index contributed by atoms with van der Waals surface area (Å²) in [6, 6.07) is 7.72. The number of hydrogen-bond acceptors (Lipinski definition) is 4. The van der Waals surface area contributed by atoms with Crippen LogP contribution in [0.5, 0.6) is 5.75 Å². The van der Waals surface area contributed by atoms with Gasteiger partial charge in [0.05, 0.1) is 7.11 Å². The Morgan fingerprint density at radius 3 is 2.23 bits per heavy atom. The quantitative estimate of drug-likeness (QED) is 0.744. The Balaban J connectivity index is 1.50. The summed E-state index contributed by atoms with van der Waals surface area (Å²) in [7, 11) is 1.67. The Labute approximate surface area is 180 Å². The number of methoxy groups -OCH3 is 1. The fraction of sp³-hybridized carbons (Fsp3) is 0.667. The predicted octanol–water partition coefficient (Wildman–Crippen LogP) is 3.06. The van der Waals surface area contributed by atoms with E-state index in [9.17, 15) is 9.59 Å². The van der Waals surface area contributed by atoms with Crippen LogP contribution in [0.25, 0.3) is 0 Å². The van der Waals surface area contributed by atoms with Crippen LogP contribution < -0.4 is 10.1 Å². The van der Waals surface area contributed by atoms with Crippen LogP contribution in [0.1, 0.15) is 51.5 Å².